The van der Waals surface area contributed by atoms with Crippen molar-refractivity contribution in [1.82, 2.24) is 0 Å². The maximum atomic E-state index is 3.14. The minimum atomic E-state index is -0.397. The first-order valence-electron chi connectivity index (χ1n) is 10.4. The normalized spacial score (nSPS) is 11.5. The van der Waals surface area contributed by atoms with E-state index in [2.05, 4.69) is 168 Å². The zero-order chi connectivity index (χ0) is 22.6. The zero-order valence-electron chi connectivity index (χ0n) is 17.5. The van der Waals surface area contributed by atoms with Crippen LogP contribution in [0.2, 0.25) is 0 Å². The predicted molar refractivity (Wildman–Crippen MR) is 146 cm³/mol. The van der Waals surface area contributed by atoms with E-state index in [9.17, 15) is 0 Å². The van der Waals surface area contributed by atoms with Gasteiger partial charge in [0.1, 0.15) is 0 Å². The summed E-state index contributed by atoms with van der Waals surface area (Å²) in [7, 11) is 0. The van der Waals surface area contributed by atoms with Gasteiger partial charge < -0.3 is 0 Å². The van der Waals surface area contributed by atoms with E-state index in [1.165, 1.54) is 42.5 Å². The SMILES string of the molecule is [Se]Cc1ccc(C(c2ccc(I)cc2)(c2ccc(C[Se])cc2)c2ccc(C[Se])cc2)cc1. The molecule has 0 saturated carbocycles. The molecule has 4 rings (SSSR count). The fourth-order valence-corrected chi connectivity index (χ4v) is 5.82. The van der Waals surface area contributed by atoms with Gasteiger partial charge in [-0.3, -0.25) is 0 Å². The van der Waals surface area contributed by atoms with Gasteiger partial charge in [-0.2, -0.15) is 0 Å². The van der Waals surface area contributed by atoms with E-state index in [0.717, 1.165) is 16.0 Å². The third-order valence-electron chi connectivity index (χ3n) is 5.94. The van der Waals surface area contributed by atoms with Gasteiger partial charge in [-0.1, -0.05) is 0 Å². The van der Waals surface area contributed by atoms with Crippen LogP contribution in [0.25, 0.3) is 0 Å². The summed E-state index contributed by atoms with van der Waals surface area (Å²) in [5.74, 6) is 0. The molecule has 4 aromatic rings. The molecule has 4 heteroatoms. The molecular formula is C28H22ISe3. The Morgan fingerprint density at radius 3 is 0.938 bits per heavy atom. The number of hydrogen-bond donors (Lipinski definition) is 0. The fourth-order valence-electron chi connectivity index (χ4n) is 4.25. The van der Waals surface area contributed by atoms with Gasteiger partial charge in [-0.15, -0.1) is 0 Å². The summed E-state index contributed by atoms with van der Waals surface area (Å²) in [4.78, 5) is 0. The minimum absolute atomic E-state index is 0.397. The summed E-state index contributed by atoms with van der Waals surface area (Å²) in [5.41, 5.74) is 8.64. The Bertz CT molecular complexity index is 1030. The Morgan fingerprint density at radius 2 is 0.688 bits per heavy atom. The van der Waals surface area contributed by atoms with E-state index in [1.54, 1.807) is 0 Å². The van der Waals surface area contributed by atoms with Crippen LogP contribution in [-0.2, 0) is 21.4 Å². The van der Waals surface area contributed by atoms with Crippen LogP contribution in [0.3, 0.4) is 0 Å². The first-order chi connectivity index (χ1) is 15.6. The third kappa shape index (κ3) is 4.84. The van der Waals surface area contributed by atoms with E-state index in [4.69, 9.17) is 0 Å². The number of rotatable bonds is 7. The molecule has 0 aliphatic rings. The summed E-state index contributed by atoms with van der Waals surface area (Å²) >= 11 is 11.8. The van der Waals surface area contributed by atoms with Crippen molar-refractivity contribution < 1.29 is 0 Å². The molecule has 0 unspecified atom stereocenters. The van der Waals surface area contributed by atoms with Gasteiger partial charge in [-0.25, -0.2) is 0 Å². The molecule has 0 aliphatic heterocycles. The number of hydrogen-bond acceptors (Lipinski definition) is 0. The third-order valence-corrected chi connectivity index (χ3v) is 8.76. The average Bonchev–Trinajstić information content (AvgIpc) is 2.86. The van der Waals surface area contributed by atoms with Crippen molar-refractivity contribution in [2.45, 2.75) is 21.4 Å². The Balaban J connectivity index is 2.06. The Morgan fingerprint density at radius 1 is 0.438 bits per heavy atom. The van der Waals surface area contributed by atoms with Crippen molar-refractivity contribution in [3.63, 3.8) is 0 Å². The van der Waals surface area contributed by atoms with Crippen molar-refractivity contribution in [3.05, 3.63) is 140 Å². The van der Waals surface area contributed by atoms with Gasteiger partial charge in [0, 0.05) is 0 Å². The molecule has 0 saturated heterocycles. The Kier molecular flexibility index (Phi) is 8.40. The molecule has 3 radical (unpaired) electrons. The second-order valence-corrected chi connectivity index (χ2v) is 10.8. The van der Waals surface area contributed by atoms with Crippen LogP contribution in [0.4, 0.5) is 0 Å². The molecule has 0 bridgehead atoms. The molecule has 0 aromatic heterocycles. The average molecular weight is 722 g/mol. The van der Waals surface area contributed by atoms with Gasteiger partial charge in [0.25, 0.3) is 0 Å². The Hall–Kier alpha value is -0.832. The van der Waals surface area contributed by atoms with Crippen LogP contribution >= 0.6 is 22.6 Å². The number of halogens is 1. The summed E-state index contributed by atoms with van der Waals surface area (Å²) in [5, 5.41) is 2.75. The molecule has 0 amide bonds. The molecule has 0 aliphatic carbocycles. The topological polar surface area (TPSA) is 0 Å². The van der Waals surface area contributed by atoms with Crippen molar-refractivity contribution in [3.8, 4) is 0 Å². The second kappa shape index (κ2) is 11.1. The molecule has 0 nitrogen and oxygen atoms in total. The zero-order valence-corrected chi connectivity index (χ0v) is 24.8. The molecule has 0 fully saturated rings. The molecule has 0 atom stereocenters. The molecule has 4 aromatic carbocycles. The van der Waals surface area contributed by atoms with E-state index >= 15 is 0 Å². The van der Waals surface area contributed by atoms with E-state index < -0.39 is 5.41 Å². The predicted octanol–water partition coefficient (Wildman–Crippen LogP) is 5.68. The molecule has 32 heavy (non-hydrogen) atoms. The first kappa shape index (κ1) is 24.3. The van der Waals surface area contributed by atoms with Gasteiger partial charge in [0.15, 0.2) is 0 Å². The maximum absolute atomic E-state index is 3.14. The van der Waals surface area contributed by atoms with Crippen molar-refractivity contribution >= 4 is 70.6 Å². The van der Waals surface area contributed by atoms with Gasteiger partial charge in [0.2, 0.25) is 0 Å². The van der Waals surface area contributed by atoms with Gasteiger partial charge in [0.05, 0.1) is 0 Å². The second-order valence-electron chi connectivity index (χ2n) is 7.78. The van der Waals surface area contributed by atoms with E-state index in [0.29, 0.717) is 0 Å². The van der Waals surface area contributed by atoms with Gasteiger partial charge >= 0.3 is 232 Å². The van der Waals surface area contributed by atoms with E-state index in [1.807, 2.05) is 0 Å². The Labute approximate surface area is 229 Å². The van der Waals surface area contributed by atoms with Gasteiger partial charge in [-0.05, 0) is 0 Å². The quantitative estimate of drug-likeness (QED) is 0.131. The van der Waals surface area contributed by atoms with Crippen LogP contribution < -0.4 is 0 Å². The summed E-state index contributed by atoms with van der Waals surface area (Å²) in [6, 6.07) is 36.3. The monoisotopic (exact) mass is 725 g/mol. The summed E-state index contributed by atoms with van der Waals surface area (Å²) in [6.45, 7) is 0. The molecule has 0 spiro atoms. The standard InChI is InChI=1S/C28H22ISe3/c29-27-15-13-26(14-16-27)28(23-7-1-20(17-30)2-8-23,24-9-3-21(18-31)4-10-24)25-11-5-22(19-32)6-12-25/h1-16H,17-19H2. The van der Waals surface area contributed by atoms with Crippen molar-refractivity contribution in [2.75, 3.05) is 0 Å². The van der Waals surface area contributed by atoms with Crippen LogP contribution in [-0.4, -0.2) is 48.0 Å². The van der Waals surface area contributed by atoms with Crippen LogP contribution in [0.15, 0.2) is 97.1 Å². The summed E-state index contributed by atoms with van der Waals surface area (Å²) < 4.78 is 1.24. The molecular weight excluding hydrogens is 700 g/mol. The van der Waals surface area contributed by atoms with Crippen LogP contribution in [0, 0.1) is 3.57 Å². The fraction of sp³-hybridized carbons (Fsp3) is 0.143. The first-order valence-corrected chi connectivity index (χ1v) is 15.1. The van der Waals surface area contributed by atoms with Crippen molar-refractivity contribution in [2.24, 2.45) is 0 Å². The number of benzene rings is 4. The molecule has 0 N–H and O–H groups in total. The van der Waals surface area contributed by atoms with Crippen LogP contribution in [0.1, 0.15) is 38.9 Å². The molecule has 159 valence electrons. The van der Waals surface area contributed by atoms with Crippen molar-refractivity contribution in [1.29, 1.82) is 0 Å². The van der Waals surface area contributed by atoms with Crippen LogP contribution in [0.5, 0.6) is 0 Å². The summed E-state index contributed by atoms with van der Waals surface area (Å²) in [6.07, 6.45) is 0. The van der Waals surface area contributed by atoms with E-state index in [-0.39, 0.29) is 0 Å². The molecule has 0 heterocycles.